The van der Waals surface area contributed by atoms with Gasteiger partial charge in [-0.15, -0.1) is 10.2 Å². The SMILES string of the molecule is COc1ccc(-c2nnc(S[C@H](C)C(=O)O)o2)cc1OC. The second-order valence-corrected chi connectivity index (χ2v) is 5.33. The molecule has 0 aliphatic carbocycles. The number of ether oxygens (including phenoxy) is 2. The Balaban J connectivity index is 2.23. The summed E-state index contributed by atoms with van der Waals surface area (Å²) in [7, 11) is 3.08. The molecule has 1 N–H and O–H groups in total. The lowest BCUT2D eigenvalue weighted by molar-refractivity contribution is -0.136. The minimum atomic E-state index is -0.939. The number of aromatic nitrogens is 2. The third-order valence-corrected chi connectivity index (χ3v) is 3.58. The number of hydrogen-bond donors (Lipinski definition) is 1. The van der Waals surface area contributed by atoms with Crippen LogP contribution in [0.15, 0.2) is 27.8 Å². The van der Waals surface area contributed by atoms with Crippen LogP contribution in [0.4, 0.5) is 0 Å². The molecule has 2 rings (SSSR count). The fraction of sp³-hybridized carbons (Fsp3) is 0.308. The van der Waals surface area contributed by atoms with Gasteiger partial charge in [-0.2, -0.15) is 0 Å². The molecule has 0 spiro atoms. The molecule has 1 aromatic carbocycles. The van der Waals surface area contributed by atoms with Gasteiger partial charge < -0.3 is 19.0 Å². The van der Waals surface area contributed by atoms with E-state index in [9.17, 15) is 4.79 Å². The predicted molar refractivity (Wildman–Crippen MR) is 75.8 cm³/mol. The number of carboxylic acid groups (broad SMARTS) is 1. The quantitative estimate of drug-likeness (QED) is 0.812. The first-order valence-corrected chi connectivity index (χ1v) is 6.88. The molecule has 112 valence electrons. The van der Waals surface area contributed by atoms with Crippen molar-refractivity contribution in [2.75, 3.05) is 14.2 Å². The highest BCUT2D eigenvalue weighted by molar-refractivity contribution is 8.00. The second kappa shape index (κ2) is 6.49. The van der Waals surface area contributed by atoms with E-state index in [1.807, 2.05) is 0 Å². The molecule has 0 unspecified atom stereocenters. The van der Waals surface area contributed by atoms with Gasteiger partial charge in [0.2, 0.25) is 5.89 Å². The van der Waals surface area contributed by atoms with Crippen LogP contribution < -0.4 is 9.47 Å². The van der Waals surface area contributed by atoms with Crippen molar-refractivity contribution in [2.45, 2.75) is 17.4 Å². The Morgan fingerprint density at radius 1 is 1.29 bits per heavy atom. The Kier molecular flexibility index (Phi) is 4.69. The van der Waals surface area contributed by atoms with Crippen molar-refractivity contribution < 1.29 is 23.8 Å². The lowest BCUT2D eigenvalue weighted by Gasteiger charge is -2.07. The number of thioether (sulfide) groups is 1. The summed E-state index contributed by atoms with van der Waals surface area (Å²) in [5, 5.41) is 16.1. The Bertz CT molecular complexity index is 643. The van der Waals surface area contributed by atoms with E-state index in [4.69, 9.17) is 19.0 Å². The molecule has 2 aromatic rings. The maximum atomic E-state index is 10.8. The number of carbonyl (C=O) groups is 1. The lowest BCUT2D eigenvalue weighted by atomic mass is 10.2. The number of methoxy groups -OCH3 is 2. The van der Waals surface area contributed by atoms with Crippen LogP contribution in [-0.4, -0.2) is 40.7 Å². The van der Waals surface area contributed by atoms with Gasteiger partial charge in [0.05, 0.1) is 14.2 Å². The van der Waals surface area contributed by atoms with Gasteiger partial charge in [0.15, 0.2) is 11.5 Å². The molecule has 7 nitrogen and oxygen atoms in total. The first-order valence-electron chi connectivity index (χ1n) is 6.00. The van der Waals surface area contributed by atoms with Gasteiger partial charge in [-0.3, -0.25) is 4.79 Å². The highest BCUT2D eigenvalue weighted by atomic mass is 32.2. The molecule has 1 aromatic heterocycles. The molecule has 0 saturated heterocycles. The van der Waals surface area contributed by atoms with Crippen molar-refractivity contribution in [3.8, 4) is 23.0 Å². The third kappa shape index (κ3) is 3.46. The van der Waals surface area contributed by atoms with Crippen molar-refractivity contribution in [1.82, 2.24) is 10.2 Å². The largest absolute Gasteiger partial charge is 0.493 e. The average Bonchev–Trinajstić information content (AvgIpc) is 2.94. The number of rotatable bonds is 6. The zero-order valence-corrected chi connectivity index (χ0v) is 12.5. The number of nitrogens with zero attached hydrogens (tertiary/aromatic N) is 2. The van der Waals surface area contributed by atoms with E-state index in [0.717, 1.165) is 11.8 Å². The molecular weight excluding hydrogens is 296 g/mol. The van der Waals surface area contributed by atoms with E-state index in [1.54, 1.807) is 32.2 Å². The van der Waals surface area contributed by atoms with Crippen LogP contribution in [0.25, 0.3) is 11.5 Å². The van der Waals surface area contributed by atoms with E-state index >= 15 is 0 Å². The number of aliphatic carboxylic acids is 1. The highest BCUT2D eigenvalue weighted by Gasteiger charge is 2.18. The van der Waals surface area contributed by atoms with E-state index in [0.29, 0.717) is 17.1 Å². The third-order valence-electron chi connectivity index (χ3n) is 2.66. The topological polar surface area (TPSA) is 94.7 Å². The molecule has 0 amide bonds. The standard InChI is InChI=1S/C13H14N2O5S/c1-7(12(16)17)21-13-15-14-11(20-13)8-4-5-9(18-2)10(6-8)19-3/h4-7H,1-3H3,(H,16,17)/t7-/m1/s1. The predicted octanol–water partition coefficient (Wildman–Crippen LogP) is 2.32. The van der Waals surface area contributed by atoms with Gasteiger partial charge in [-0.1, -0.05) is 11.8 Å². The van der Waals surface area contributed by atoms with E-state index in [-0.39, 0.29) is 11.1 Å². The summed E-state index contributed by atoms with van der Waals surface area (Å²) in [4.78, 5) is 10.8. The summed E-state index contributed by atoms with van der Waals surface area (Å²) >= 11 is 0.989. The van der Waals surface area contributed by atoms with Crippen LogP contribution in [0.5, 0.6) is 11.5 Å². The Hall–Kier alpha value is -2.22. The van der Waals surface area contributed by atoms with E-state index in [1.165, 1.54) is 7.11 Å². The summed E-state index contributed by atoms with van der Waals surface area (Å²) in [6, 6.07) is 5.19. The van der Waals surface area contributed by atoms with Crippen molar-refractivity contribution in [3.63, 3.8) is 0 Å². The monoisotopic (exact) mass is 310 g/mol. The molecule has 0 radical (unpaired) electrons. The minimum Gasteiger partial charge on any atom is -0.493 e. The first-order chi connectivity index (χ1) is 10.0. The molecule has 8 heteroatoms. The molecule has 1 heterocycles. The maximum Gasteiger partial charge on any atom is 0.316 e. The molecular formula is C13H14N2O5S. The fourth-order valence-corrected chi connectivity index (χ4v) is 2.16. The first kappa shape index (κ1) is 15.2. The second-order valence-electron chi connectivity index (χ2n) is 4.04. The van der Waals surface area contributed by atoms with Gasteiger partial charge in [0, 0.05) is 5.56 Å². The zero-order valence-electron chi connectivity index (χ0n) is 11.7. The van der Waals surface area contributed by atoms with E-state index in [2.05, 4.69) is 10.2 Å². The maximum absolute atomic E-state index is 10.8. The Labute approximate surface area is 125 Å². The van der Waals surface area contributed by atoms with Crippen LogP contribution in [0, 0.1) is 0 Å². The summed E-state index contributed by atoms with van der Waals surface area (Å²) < 4.78 is 15.8. The van der Waals surface area contributed by atoms with Crippen molar-refractivity contribution in [1.29, 1.82) is 0 Å². The van der Waals surface area contributed by atoms with Crippen molar-refractivity contribution in [3.05, 3.63) is 18.2 Å². The van der Waals surface area contributed by atoms with Crippen LogP contribution in [0.1, 0.15) is 6.92 Å². The minimum absolute atomic E-state index is 0.203. The smallest absolute Gasteiger partial charge is 0.316 e. The van der Waals surface area contributed by atoms with Gasteiger partial charge in [0.1, 0.15) is 5.25 Å². The van der Waals surface area contributed by atoms with Crippen LogP contribution in [0.3, 0.4) is 0 Å². The molecule has 0 bridgehead atoms. The van der Waals surface area contributed by atoms with E-state index < -0.39 is 11.2 Å². The van der Waals surface area contributed by atoms with Crippen LogP contribution >= 0.6 is 11.8 Å². The summed E-state index contributed by atoms with van der Waals surface area (Å²) in [6.45, 7) is 1.55. The molecule has 0 aliphatic heterocycles. The van der Waals surface area contributed by atoms with Gasteiger partial charge in [-0.25, -0.2) is 0 Å². The number of hydrogen-bond acceptors (Lipinski definition) is 7. The molecule has 21 heavy (non-hydrogen) atoms. The Morgan fingerprint density at radius 3 is 2.62 bits per heavy atom. The van der Waals surface area contributed by atoms with Crippen molar-refractivity contribution >= 4 is 17.7 Å². The average molecular weight is 310 g/mol. The number of carboxylic acids is 1. The Morgan fingerprint density at radius 2 is 2.00 bits per heavy atom. The normalized spacial score (nSPS) is 12.0. The molecule has 0 fully saturated rings. The highest BCUT2D eigenvalue weighted by Crippen LogP contribution is 2.33. The molecule has 0 saturated carbocycles. The van der Waals surface area contributed by atoms with Gasteiger partial charge in [0.25, 0.3) is 5.22 Å². The number of benzene rings is 1. The lowest BCUT2D eigenvalue weighted by Crippen LogP contribution is -2.10. The fourth-order valence-electron chi connectivity index (χ4n) is 1.54. The summed E-state index contributed by atoms with van der Waals surface area (Å²) in [5.74, 6) is 0.484. The van der Waals surface area contributed by atoms with Crippen LogP contribution in [0.2, 0.25) is 0 Å². The molecule has 0 aliphatic rings. The summed E-state index contributed by atoms with van der Waals surface area (Å²) in [5.41, 5.74) is 0.662. The summed E-state index contributed by atoms with van der Waals surface area (Å²) in [6.07, 6.45) is 0. The van der Waals surface area contributed by atoms with Gasteiger partial charge >= 0.3 is 5.97 Å². The molecule has 1 atom stereocenters. The van der Waals surface area contributed by atoms with Gasteiger partial charge in [-0.05, 0) is 25.1 Å². The van der Waals surface area contributed by atoms with Crippen LogP contribution in [-0.2, 0) is 4.79 Å². The van der Waals surface area contributed by atoms with Crippen molar-refractivity contribution in [2.24, 2.45) is 0 Å². The zero-order chi connectivity index (χ0) is 15.4.